The van der Waals surface area contributed by atoms with E-state index in [4.69, 9.17) is 15.3 Å². The third kappa shape index (κ3) is 13.2. The Morgan fingerprint density at radius 2 is 1.38 bits per heavy atom. The Kier molecular flexibility index (Phi) is 22.8. The van der Waals surface area contributed by atoms with Crippen molar-refractivity contribution in [2.45, 2.75) is 111 Å². The van der Waals surface area contributed by atoms with E-state index in [0.29, 0.717) is 5.92 Å². The first-order chi connectivity index (χ1) is 11.9. The largest absolute Gasteiger partial charge is 1.00 e. The second-order valence-electron chi connectivity index (χ2n) is 9.59. The fourth-order valence-electron chi connectivity index (χ4n) is 2.92. The van der Waals surface area contributed by atoms with Gasteiger partial charge < -0.3 is 33.7 Å². The molecule has 0 rings (SSSR count). The summed E-state index contributed by atoms with van der Waals surface area (Å²) in [6, 6.07) is 3.47. The summed E-state index contributed by atoms with van der Waals surface area (Å²) in [5.41, 5.74) is 0. The molecule has 173 valence electrons. The van der Waals surface area contributed by atoms with E-state index in [9.17, 15) is 0 Å². The zero-order chi connectivity index (χ0) is 20.6. The van der Waals surface area contributed by atoms with Gasteiger partial charge in [-0.05, 0) is 68.4 Å². The van der Waals surface area contributed by atoms with Gasteiger partial charge in [0.1, 0.15) is 0 Å². The van der Waals surface area contributed by atoms with Gasteiger partial charge in [-0.15, -0.1) is 0 Å². The van der Waals surface area contributed by atoms with Gasteiger partial charge >= 0.3 is 0 Å². The molecule has 0 aromatic carbocycles. The van der Waals surface area contributed by atoms with Crippen molar-refractivity contribution in [3.8, 4) is 5.92 Å². The molecular formula is C22H45CeCl2O2Si2-2. The molecule has 0 aliphatic heterocycles. The quantitative estimate of drug-likeness (QED) is 0.244. The molecule has 29 heavy (non-hydrogen) atoms. The van der Waals surface area contributed by atoms with Crippen LogP contribution in [0.1, 0.15) is 68.2 Å². The maximum absolute atomic E-state index is 7.60. The van der Waals surface area contributed by atoms with E-state index in [1.165, 1.54) is 0 Å². The maximum atomic E-state index is 7.60. The van der Waals surface area contributed by atoms with Crippen LogP contribution >= 0.6 is 0 Å². The Labute approximate surface area is 231 Å². The summed E-state index contributed by atoms with van der Waals surface area (Å²) in [6.45, 7) is 23.5. The minimum absolute atomic E-state index is 0. The van der Waals surface area contributed by atoms with Crippen LogP contribution in [-0.2, 0) is 8.85 Å². The smallest absolute Gasteiger partial charge is 0.192 e. The number of rotatable bonds is 12. The predicted molar refractivity (Wildman–Crippen MR) is 120 cm³/mol. The van der Waals surface area contributed by atoms with Gasteiger partial charge in [-0.1, -0.05) is 54.4 Å². The molecule has 0 unspecified atom stereocenters. The zero-order valence-corrected chi connectivity index (χ0v) is 27.2. The van der Waals surface area contributed by atoms with Gasteiger partial charge in [0.2, 0.25) is 0 Å². The van der Waals surface area contributed by atoms with Crippen LogP contribution in [0.15, 0.2) is 0 Å². The van der Waals surface area contributed by atoms with E-state index in [2.05, 4.69) is 74.4 Å². The molecule has 7 heteroatoms. The SMILES string of the molecule is [C]#C[C@@H](C)[C@H](CC[C@H](C)CO[Si](C)(C)C(C)(C)C)O[Si](CC)(CC)CC.[Ce].[Cl-].[Cl-]. The summed E-state index contributed by atoms with van der Waals surface area (Å²) < 4.78 is 13.1. The Morgan fingerprint density at radius 1 is 0.931 bits per heavy atom. The molecule has 0 saturated carbocycles. The van der Waals surface area contributed by atoms with Crippen LogP contribution in [-0.4, -0.2) is 29.3 Å². The van der Waals surface area contributed by atoms with Crippen molar-refractivity contribution in [1.82, 2.24) is 0 Å². The van der Waals surface area contributed by atoms with E-state index in [0.717, 1.165) is 37.6 Å². The van der Waals surface area contributed by atoms with Gasteiger partial charge in [0.05, 0.1) is 6.10 Å². The van der Waals surface area contributed by atoms with Crippen LogP contribution < -0.4 is 24.8 Å². The summed E-state index contributed by atoms with van der Waals surface area (Å²) in [6.07, 6.45) is 9.83. The molecule has 0 aromatic heterocycles. The molecule has 0 aromatic rings. The van der Waals surface area contributed by atoms with Gasteiger partial charge in [-0.2, -0.15) is 0 Å². The third-order valence-corrected chi connectivity index (χ3v) is 15.8. The molecule has 0 saturated heterocycles. The standard InChI is InChI=1S/C22H45O2Si2.Ce.2ClH/c1-12-20(6)21(24-26(13-2,14-3)15-4)17-16-19(5)18-23-25(10,11)22(7,8)9;;;/h19-21H,13-18H2,2-11H3;;2*1H/p-2/t19-,20+,21-;;;/m0.../s1. The van der Waals surface area contributed by atoms with E-state index >= 15 is 0 Å². The molecule has 0 bridgehead atoms. The fourth-order valence-corrected chi connectivity index (χ4v) is 7.02. The van der Waals surface area contributed by atoms with Gasteiger partial charge in [-0.25, -0.2) is 0 Å². The topological polar surface area (TPSA) is 18.5 Å². The molecule has 0 amide bonds. The van der Waals surface area contributed by atoms with Crippen molar-refractivity contribution in [1.29, 1.82) is 0 Å². The second kappa shape index (κ2) is 17.4. The molecule has 1 radical (unpaired) electrons. The summed E-state index contributed by atoms with van der Waals surface area (Å²) in [5.74, 6) is 3.27. The van der Waals surface area contributed by atoms with Crippen molar-refractivity contribution in [3.63, 3.8) is 0 Å². The van der Waals surface area contributed by atoms with Crippen LogP contribution in [0.25, 0.3) is 0 Å². The molecule has 2 nitrogen and oxygen atoms in total. The first kappa shape index (κ1) is 38.1. The van der Waals surface area contributed by atoms with E-state index in [-0.39, 0.29) is 83.6 Å². The average Bonchev–Trinajstić information content (AvgIpc) is 2.59. The molecule has 0 heterocycles. The van der Waals surface area contributed by atoms with Crippen molar-refractivity contribution in [2.24, 2.45) is 11.8 Å². The Balaban J connectivity index is -0.00000104. The van der Waals surface area contributed by atoms with E-state index < -0.39 is 16.6 Å². The number of hydrogen-bond donors (Lipinski definition) is 0. The van der Waals surface area contributed by atoms with Gasteiger partial charge in [0, 0.05) is 54.3 Å². The molecular weight excluding hydrogens is 563 g/mol. The first-order valence-corrected chi connectivity index (χ1v) is 16.1. The molecule has 3 atom stereocenters. The average molecular weight is 609 g/mol. The van der Waals surface area contributed by atoms with Gasteiger partial charge in [0.15, 0.2) is 16.6 Å². The normalized spacial score (nSPS) is 15.1. The third-order valence-electron chi connectivity index (χ3n) is 6.60. The predicted octanol–water partition coefficient (Wildman–Crippen LogP) is 1.05. The fraction of sp³-hybridized carbons (Fsp3) is 0.909. The monoisotopic (exact) mass is 607 g/mol. The zero-order valence-electron chi connectivity index (χ0n) is 20.5. The summed E-state index contributed by atoms with van der Waals surface area (Å²) in [7, 11) is -3.33. The summed E-state index contributed by atoms with van der Waals surface area (Å²) >= 11 is 0. The van der Waals surface area contributed by atoms with Crippen LogP contribution in [0.3, 0.4) is 0 Å². The molecule has 0 aliphatic rings. The van der Waals surface area contributed by atoms with Crippen LogP contribution in [0.4, 0.5) is 0 Å². The number of hydrogen-bond acceptors (Lipinski definition) is 2. The summed E-state index contributed by atoms with van der Waals surface area (Å²) in [4.78, 5) is 0. The van der Waals surface area contributed by atoms with E-state index in [1.807, 2.05) is 0 Å². The van der Waals surface area contributed by atoms with E-state index in [1.54, 1.807) is 0 Å². The molecule has 0 fully saturated rings. The van der Waals surface area contributed by atoms with Crippen molar-refractivity contribution < 1.29 is 75.4 Å². The van der Waals surface area contributed by atoms with Crippen molar-refractivity contribution in [3.05, 3.63) is 6.42 Å². The Bertz CT molecular complexity index is 439. The Hall–Kier alpha value is 1.87. The van der Waals surface area contributed by atoms with Crippen LogP contribution in [0.2, 0.25) is 36.3 Å². The molecule has 0 spiro atoms. The minimum Gasteiger partial charge on any atom is -1.00 e. The summed E-state index contributed by atoms with van der Waals surface area (Å²) in [5, 5.41) is 0.261. The molecule has 0 N–H and O–H groups in total. The second-order valence-corrected chi connectivity index (χ2v) is 19.1. The number of halogens is 2. The van der Waals surface area contributed by atoms with Gasteiger partial charge in [0.25, 0.3) is 0 Å². The first-order valence-electron chi connectivity index (χ1n) is 10.6. The maximum Gasteiger partial charge on any atom is 0.192 e. The van der Waals surface area contributed by atoms with Crippen molar-refractivity contribution >= 4 is 16.6 Å². The van der Waals surface area contributed by atoms with Gasteiger partial charge in [-0.3, -0.25) is 0 Å². The molecule has 0 aliphatic carbocycles. The van der Waals surface area contributed by atoms with Crippen LogP contribution in [0.5, 0.6) is 0 Å². The van der Waals surface area contributed by atoms with Crippen LogP contribution in [0, 0.1) is 65.9 Å². The van der Waals surface area contributed by atoms with Crippen molar-refractivity contribution in [2.75, 3.05) is 6.61 Å². The Morgan fingerprint density at radius 3 is 1.72 bits per heavy atom. The minimum atomic E-state index is -1.67.